The minimum absolute atomic E-state index is 0.0724. The van der Waals surface area contributed by atoms with Gasteiger partial charge >= 0.3 is 6.09 Å². The van der Waals surface area contributed by atoms with Crippen LogP contribution in [0.2, 0.25) is 5.02 Å². The summed E-state index contributed by atoms with van der Waals surface area (Å²) < 4.78 is 5.13. The van der Waals surface area contributed by atoms with Crippen LogP contribution in [0.25, 0.3) is 10.9 Å². The van der Waals surface area contributed by atoms with E-state index < -0.39 is 16.6 Å². The minimum Gasteiger partial charge on any atom is -0.444 e. The van der Waals surface area contributed by atoms with Gasteiger partial charge in [-0.15, -0.1) is 0 Å². The van der Waals surface area contributed by atoms with E-state index in [2.05, 4.69) is 10.3 Å². The van der Waals surface area contributed by atoms with Crippen molar-refractivity contribution in [3.63, 3.8) is 0 Å². The van der Waals surface area contributed by atoms with Gasteiger partial charge in [0.15, 0.2) is 0 Å². The van der Waals surface area contributed by atoms with Crippen molar-refractivity contribution in [3.8, 4) is 0 Å². The average molecular weight is 326 g/mol. The van der Waals surface area contributed by atoms with Crippen molar-refractivity contribution in [1.29, 1.82) is 0 Å². The summed E-state index contributed by atoms with van der Waals surface area (Å²) in [4.78, 5) is 24.9. The van der Waals surface area contributed by atoms with Crippen molar-refractivity contribution in [2.45, 2.75) is 32.9 Å². The molecule has 0 aliphatic rings. The lowest BCUT2D eigenvalue weighted by Gasteiger charge is -2.19. The van der Waals surface area contributed by atoms with Crippen LogP contribution in [0.3, 0.4) is 0 Å². The number of nitrogens with zero attached hydrogens (tertiary/aromatic N) is 1. The molecular weight excluding hydrogens is 310 g/mol. The van der Waals surface area contributed by atoms with Crippen LogP contribution in [0.5, 0.6) is 0 Å². The average Bonchev–Trinajstić information content (AvgIpc) is 2.74. The molecule has 2 aromatic rings. The van der Waals surface area contributed by atoms with Crippen LogP contribution >= 0.6 is 11.6 Å². The molecule has 1 heterocycles. The molecule has 2 rings (SSSR count). The van der Waals surface area contributed by atoms with Gasteiger partial charge in [-0.2, -0.15) is 0 Å². The first-order valence-corrected chi connectivity index (χ1v) is 6.96. The molecule has 0 aliphatic carbocycles. The zero-order chi connectivity index (χ0) is 16.5. The smallest absolute Gasteiger partial charge is 0.407 e. The number of alkyl carbamates (subject to hydrolysis) is 1. The number of carbonyl (C=O) groups excluding carboxylic acids is 1. The molecule has 7 nitrogen and oxygen atoms in total. The van der Waals surface area contributed by atoms with Crippen LogP contribution in [-0.2, 0) is 11.3 Å². The van der Waals surface area contributed by atoms with E-state index >= 15 is 0 Å². The molecule has 0 atom stereocenters. The number of aromatic nitrogens is 1. The van der Waals surface area contributed by atoms with E-state index in [0.29, 0.717) is 11.2 Å². The monoisotopic (exact) mass is 325 g/mol. The number of aromatic amines is 1. The Morgan fingerprint density at radius 1 is 1.41 bits per heavy atom. The Balaban J connectivity index is 2.13. The minimum atomic E-state index is -0.571. The third kappa shape index (κ3) is 3.88. The number of nitro groups is 1. The van der Waals surface area contributed by atoms with E-state index in [1.54, 1.807) is 26.8 Å². The van der Waals surface area contributed by atoms with Crippen molar-refractivity contribution in [1.82, 2.24) is 10.3 Å². The van der Waals surface area contributed by atoms with E-state index in [1.165, 1.54) is 12.1 Å². The molecule has 0 saturated carbocycles. The third-order valence-electron chi connectivity index (χ3n) is 2.76. The molecule has 1 aromatic carbocycles. The fourth-order valence-corrected chi connectivity index (χ4v) is 2.16. The molecule has 0 spiro atoms. The standard InChI is InChI=1S/C14H16ClN3O4/c1-14(2,3)22-13(19)16-7-9-4-8-5-10(15)12(18(20)21)6-11(8)17-9/h4-6,17H,7H2,1-3H3,(H,16,19). The highest BCUT2D eigenvalue weighted by atomic mass is 35.5. The highest BCUT2D eigenvalue weighted by molar-refractivity contribution is 6.33. The van der Waals surface area contributed by atoms with Crippen molar-refractivity contribution in [2.75, 3.05) is 0 Å². The first-order chi connectivity index (χ1) is 10.2. The zero-order valence-electron chi connectivity index (χ0n) is 12.4. The first-order valence-electron chi connectivity index (χ1n) is 6.58. The summed E-state index contributed by atoms with van der Waals surface area (Å²) in [6, 6.07) is 4.65. The summed E-state index contributed by atoms with van der Waals surface area (Å²) in [5.74, 6) is 0. The van der Waals surface area contributed by atoms with Gasteiger partial charge in [0, 0.05) is 17.1 Å². The predicted octanol–water partition coefficient (Wildman–Crippen LogP) is 3.75. The summed E-state index contributed by atoms with van der Waals surface area (Å²) in [5, 5.41) is 14.3. The number of nitrogens with one attached hydrogen (secondary N) is 2. The SMILES string of the molecule is CC(C)(C)OC(=O)NCc1cc2cc(Cl)c([N+](=O)[O-])cc2[nH]1. The molecule has 0 fully saturated rings. The Morgan fingerprint density at radius 3 is 2.68 bits per heavy atom. The van der Waals surface area contributed by atoms with Crippen molar-refractivity contribution in [3.05, 3.63) is 39.0 Å². The van der Waals surface area contributed by atoms with Crippen molar-refractivity contribution >= 4 is 34.3 Å². The lowest BCUT2D eigenvalue weighted by molar-refractivity contribution is -0.384. The Kier molecular flexibility index (Phi) is 4.27. The van der Waals surface area contributed by atoms with E-state index in [0.717, 1.165) is 5.39 Å². The Hall–Kier alpha value is -2.28. The number of nitro benzene ring substituents is 1. The summed E-state index contributed by atoms with van der Waals surface area (Å²) in [6.45, 7) is 5.54. The number of benzene rings is 1. The molecule has 0 saturated heterocycles. The summed E-state index contributed by atoms with van der Waals surface area (Å²) in [7, 11) is 0. The lowest BCUT2D eigenvalue weighted by Crippen LogP contribution is -2.32. The van der Waals surface area contributed by atoms with Gasteiger partial charge in [-0.1, -0.05) is 11.6 Å². The second-order valence-corrected chi connectivity index (χ2v) is 6.21. The number of fused-ring (bicyclic) bond motifs is 1. The molecule has 0 aliphatic heterocycles. The summed E-state index contributed by atoms with van der Waals surface area (Å²) in [5.41, 5.74) is 0.538. The fourth-order valence-electron chi connectivity index (χ4n) is 1.92. The lowest BCUT2D eigenvalue weighted by atomic mass is 10.2. The maximum atomic E-state index is 11.6. The molecule has 0 bridgehead atoms. The van der Waals surface area contributed by atoms with Gasteiger partial charge < -0.3 is 15.0 Å². The molecule has 1 aromatic heterocycles. The Morgan fingerprint density at radius 2 is 2.09 bits per heavy atom. The number of hydrogen-bond donors (Lipinski definition) is 2. The number of halogens is 1. The number of rotatable bonds is 3. The second kappa shape index (κ2) is 5.84. The molecule has 8 heteroatoms. The van der Waals surface area contributed by atoms with E-state index in [-0.39, 0.29) is 17.3 Å². The van der Waals surface area contributed by atoms with Gasteiger partial charge in [-0.25, -0.2) is 4.79 Å². The molecule has 1 amide bonds. The van der Waals surface area contributed by atoms with Crippen LogP contribution in [0.4, 0.5) is 10.5 Å². The van der Waals surface area contributed by atoms with E-state index in [1.807, 2.05) is 0 Å². The van der Waals surface area contributed by atoms with Crippen LogP contribution in [-0.4, -0.2) is 21.6 Å². The molecular formula is C14H16ClN3O4. The van der Waals surface area contributed by atoms with Gasteiger partial charge in [-0.3, -0.25) is 10.1 Å². The molecule has 0 radical (unpaired) electrons. The number of amides is 1. The van der Waals surface area contributed by atoms with Gasteiger partial charge in [0.2, 0.25) is 0 Å². The van der Waals surface area contributed by atoms with Gasteiger partial charge in [-0.05, 0) is 32.9 Å². The van der Waals surface area contributed by atoms with Crippen LogP contribution in [0.15, 0.2) is 18.2 Å². The highest BCUT2D eigenvalue weighted by Gasteiger charge is 2.17. The van der Waals surface area contributed by atoms with Crippen molar-refractivity contribution in [2.24, 2.45) is 0 Å². The molecule has 0 unspecified atom stereocenters. The summed E-state index contributed by atoms with van der Waals surface area (Å²) >= 11 is 5.86. The molecule has 22 heavy (non-hydrogen) atoms. The Bertz CT molecular complexity index is 733. The zero-order valence-corrected chi connectivity index (χ0v) is 13.2. The number of H-pyrrole nitrogens is 1. The van der Waals surface area contributed by atoms with Crippen LogP contribution < -0.4 is 5.32 Å². The quantitative estimate of drug-likeness (QED) is 0.663. The maximum Gasteiger partial charge on any atom is 0.407 e. The van der Waals surface area contributed by atoms with E-state index in [9.17, 15) is 14.9 Å². The third-order valence-corrected chi connectivity index (χ3v) is 3.07. The first kappa shape index (κ1) is 16.1. The largest absolute Gasteiger partial charge is 0.444 e. The summed E-state index contributed by atoms with van der Waals surface area (Å²) in [6.07, 6.45) is -0.532. The molecule has 118 valence electrons. The topological polar surface area (TPSA) is 97.3 Å². The second-order valence-electron chi connectivity index (χ2n) is 5.80. The van der Waals surface area contributed by atoms with E-state index in [4.69, 9.17) is 16.3 Å². The highest BCUT2D eigenvalue weighted by Crippen LogP contribution is 2.29. The number of ether oxygens (including phenoxy) is 1. The van der Waals surface area contributed by atoms with Crippen LogP contribution in [0.1, 0.15) is 26.5 Å². The van der Waals surface area contributed by atoms with Gasteiger partial charge in [0.05, 0.1) is 17.0 Å². The van der Waals surface area contributed by atoms with Gasteiger partial charge in [0.25, 0.3) is 5.69 Å². The number of hydrogen-bond acceptors (Lipinski definition) is 4. The van der Waals surface area contributed by atoms with Crippen molar-refractivity contribution < 1.29 is 14.5 Å². The normalized spacial score (nSPS) is 11.5. The Labute approximate surface area is 131 Å². The number of carbonyl (C=O) groups is 1. The fraction of sp³-hybridized carbons (Fsp3) is 0.357. The maximum absolute atomic E-state index is 11.6. The van der Waals surface area contributed by atoms with Crippen LogP contribution in [0, 0.1) is 10.1 Å². The molecule has 2 N–H and O–H groups in total. The van der Waals surface area contributed by atoms with Gasteiger partial charge in [0.1, 0.15) is 10.6 Å². The predicted molar refractivity (Wildman–Crippen MR) is 83.0 cm³/mol.